The SMILES string of the molecule is CCC(C)NC(=O)c1c[nH]c2ccc(S(=O)(=O)N(C)c3ccc(F)cc3)cc2c1=O. The van der Waals surface area contributed by atoms with Gasteiger partial charge in [-0.2, -0.15) is 0 Å². The second kappa shape index (κ2) is 8.27. The first kappa shape index (κ1) is 21.5. The van der Waals surface area contributed by atoms with Gasteiger partial charge in [-0.1, -0.05) is 6.92 Å². The molecule has 1 atom stereocenters. The van der Waals surface area contributed by atoms with Crippen LogP contribution in [0.5, 0.6) is 0 Å². The Labute approximate surface area is 173 Å². The smallest absolute Gasteiger partial charge is 0.264 e. The number of hydrogen-bond donors (Lipinski definition) is 2. The minimum Gasteiger partial charge on any atom is -0.360 e. The lowest BCUT2D eigenvalue weighted by Crippen LogP contribution is -2.35. The predicted molar refractivity (Wildman–Crippen MR) is 114 cm³/mol. The first-order valence-electron chi connectivity index (χ1n) is 9.36. The third-order valence-corrected chi connectivity index (χ3v) is 6.72. The number of rotatable bonds is 6. The summed E-state index contributed by atoms with van der Waals surface area (Å²) in [5.74, 6) is -1.01. The van der Waals surface area contributed by atoms with E-state index in [1.807, 2.05) is 13.8 Å². The number of benzene rings is 2. The Morgan fingerprint density at radius 3 is 2.50 bits per heavy atom. The van der Waals surface area contributed by atoms with Crippen molar-refractivity contribution >= 4 is 32.5 Å². The van der Waals surface area contributed by atoms with Gasteiger partial charge >= 0.3 is 0 Å². The number of carbonyl (C=O) groups is 1. The highest BCUT2D eigenvalue weighted by atomic mass is 32.2. The van der Waals surface area contributed by atoms with E-state index in [0.29, 0.717) is 11.9 Å². The van der Waals surface area contributed by atoms with Crippen LogP contribution >= 0.6 is 0 Å². The second-order valence-corrected chi connectivity index (χ2v) is 8.94. The van der Waals surface area contributed by atoms with Crippen molar-refractivity contribution in [2.45, 2.75) is 31.2 Å². The Morgan fingerprint density at radius 1 is 1.20 bits per heavy atom. The first-order chi connectivity index (χ1) is 14.1. The molecule has 9 heteroatoms. The molecule has 0 bridgehead atoms. The van der Waals surface area contributed by atoms with E-state index in [1.54, 1.807) is 0 Å². The van der Waals surface area contributed by atoms with Crippen molar-refractivity contribution in [3.05, 3.63) is 70.3 Å². The van der Waals surface area contributed by atoms with Gasteiger partial charge in [0.25, 0.3) is 15.9 Å². The molecule has 158 valence electrons. The highest BCUT2D eigenvalue weighted by Gasteiger charge is 2.23. The van der Waals surface area contributed by atoms with Gasteiger partial charge in [-0.25, -0.2) is 12.8 Å². The molecule has 1 amide bonds. The van der Waals surface area contributed by atoms with Gasteiger partial charge in [-0.15, -0.1) is 0 Å². The molecule has 1 unspecified atom stereocenters. The van der Waals surface area contributed by atoms with E-state index in [9.17, 15) is 22.4 Å². The van der Waals surface area contributed by atoms with Crippen molar-refractivity contribution in [1.82, 2.24) is 10.3 Å². The normalized spacial score (nSPS) is 12.5. The molecule has 0 aliphatic carbocycles. The lowest BCUT2D eigenvalue weighted by molar-refractivity contribution is 0.0938. The molecule has 2 N–H and O–H groups in total. The van der Waals surface area contributed by atoms with Crippen molar-refractivity contribution in [2.75, 3.05) is 11.4 Å². The van der Waals surface area contributed by atoms with Gasteiger partial charge in [-0.05, 0) is 55.8 Å². The van der Waals surface area contributed by atoms with E-state index in [0.717, 1.165) is 16.4 Å². The fraction of sp³-hybridized carbons (Fsp3) is 0.238. The summed E-state index contributed by atoms with van der Waals surface area (Å²) in [6, 6.07) is 8.98. The van der Waals surface area contributed by atoms with Gasteiger partial charge in [0.15, 0.2) is 0 Å². The van der Waals surface area contributed by atoms with Crippen LogP contribution in [0.2, 0.25) is 0 Å². The monoisotopic (exact) mass is 431 g/mol. The highest BCUT2D eigenvalue weighted by Crippen LogP contribution is 2.24. The van der Waals surface area contributed by atoms with Gasteiger partial charge in [0, 0.05) is 30.2 Å². The zero-order chi connectivity index (χ0) is 22.1. The molecular weight excluding hydrogens is 409 g/mol. The number of aromatic nitrogens is 1. The van der Waals surface area contributed by atoms with Crippen LogP contribution in [0.1, 0.15) is 30.6 Å². The quantitative estimate of drug-likeness (QED) is 0.627. The number of sulfonamides is 1. The van der Waals surface area contributed by atoms with Gasteiger partial charge in [0.2, 0.25) is 5.43 Å². The molecule has 2 aromatic carbocycles. The third-order valence-electron chi connectivity index (χ3n) is 4.94. The summed E-state index contributed by atoms with van der Waals surface area (Å²) in [5, 5.41) is 2.81. The molecule has 7 nitrogen and oxygen atoms in total. The first-order valence-corrected chi connectivity index (χ1v) is 10.8. The predicted octanol–water partition coefficient (Wildman–Crippen LogP) is 3.02. The van der Waals surface area contributed by atoms with Gasteiger partial charge in [0.05, 0.1) is 10.6 Å². The van der Waals surface area contributed by atoms with Gasteiger partial charge in [0.1, 0.15) is 11.4 Å². The van der Waals surface area contributed by atoms with Crippen molar-refractivity contribution < 1.29 is 17.6 Å². The van der Waals surface area contributed by atoms with Crippen molar-refractivity contribution in [1.29, 1.82) is 0 Å². The molecule has 0 aliphatic rings. The summed E-state index contributed by atoms with van der Waals surface area (Å²) in [5.41, 5.74) is 0.0193. The maximum atomic E-state index is 13.2. The summed E-state index contributed by atoms with van der Waals surface area (Å²) in [6.45, 7) is 3.73. The maximum Gasteiger partial charge on any atom is 0.264 e. The van der Waals surface area contributed by atoms with Gasteiger partial charge in [-0.3, -0.25) is 13.9 Å². The number of nitrogens with one attached hydrogen (secondary N) is 2. The van der Waals surface area contributed by atoms with E-state index in [1.165, 1.54) is 43.6 Å². The Morgan fingerprint density at radius 2 is 1.87 bits per heavy atom. The Balaban J connectivity index is 2.05. The number of carbonyl (C=O) groups excluding carboxylic acids is 1. The number of anilines is 1. The molecular formula is C21H22FN3O4S. The highest BCUT2D eigenvalue weighted by molar-refractivity contribution is 7.92. The number of nitrogens with zero attached hydrogens (tertiary/aromatic N) is 1. The van der Waals surface area contributed by atoms with Crippen LogP contribution < -0.4 is 15.1 Å². The maximum absolute atomic E-state index is 13.2. The van der Waals surface area contributed by atoms with Gasteiger partial charge < -0.3 is 10.3 Å². The van der Waals surface area contributed by atoms with Crippen LogP contribution in [0, 0.1) is 5.82 Å². The summed E-state index contributed by atoms with van der Waals surface area (Å²) in [6.07, 6.45) is 2.02. The van der Waals surface area contributed by atoms with Crippen LogP contribution in [0.3, 0.4) is 0 Å². The molecule has 0 aliphatic heterocycles. The molecule has 0 saturated heterocycles. The topological polar surface area (TPSA) is 99.3 Å². The van der Waals surface area contributed by atoms with Crippen molar-refractivity contribution in [2.24, 2.45) is 0 Å². The zero-order valence-electron chi connectivity index (χ0n) is 16.8. The molecule has 0 spiro atoms. The Hall–Kier alpha value is -3.20. The summed E-state index contributed by atoms with van der Waals surface area (Å²) >= 11 is 0. The van der Waals surface area contributed by atoms with Crippen LogP contribution in [0.25, 0.3) is 10.9 Å². The molecule has 30 heavy (non-hydrogen) atoms. The summed E-state index contributed by atoms with van der Waals surface area (Å²) < 4.78 is 40.2. The third kappa shape index (κ3) is 4.06. The number of halogens is 1. The van der Waals surface area contributed by atoms with Crippen LogP contribution in [-0.4, -0.2) is 32.4 Å². The number of amides is 1. The minimum absolute atomic E-state index is 0.0837. The molecule has 0 radical (unpaired) electrons. The molecule has 3 rings (SSSR count). The average Bonchev–Trinajstić information content (AvgIpc) is 2.73. The number of pyridine rings is 1. The average molecular weight is 431 g/mol. The zero-order valence-corrected chi connectivity index (χ0v) is 17.6. The molecule has 0 fully saturated rings. The fourth-order valence-electron chi connectivity index (χ4n) is 2.88. The second-order valence-electron chi connectivity index (χ2n) is 6.97. The number of H-pyrrole nitrogens is 1. The molecule has 0 saturated carbocycles. The van der Waals surface area contributed by atoms with Crippen LogP contribution in [0.15, 0.2) is 58.4 Å². The van der Waals surface area contributed by atoms with E-state index in [-0.39, 0.29) is 27.6 Å². The largest absolute Gasteiger partial charge is 0.360 e. The summed E-state index contributed by atoms with van der Waals surface area (Å²) in [7, 11) is -2.67. The minimum atomic E-state index is -4.01. The van der Waals surface area contributed by atoms with E-state index in [4.69, 9.17) is 0 Å². The van der Waals surface area contributed by atoms with Crippen LogP contribution in [0.4, 0.5) is 10.1 Å². The summed E-state index contributed by atoms with van der Waals surface area (Å²) in [4.78, 5) is 28.0. The number of aromatic amines is 1. The van der Waals surface area contributed by atoms with Crippen molar-refractivity contribution in [3.8, 4) is 0 Å². The lowest BCUT2D eigenvalue weighted by Gasteiger charge is -2.19. The Bertz CT molecular complexity index is 1250. The lowest BCUT2D eigenvalue weighted by atomic mass is 10.1. The standard InChI is InChI=1S/C21H22FN3O4S/c1-4-13(2)24-21(27)18-12-23-19-10-9-16(11-17(19)20(18)26)30(28,29)25(3)15-7-5-14(22)6-8-15/h5-13H,4H2,1-3H3,(H,23,26)(H,24,27). The Kier molecular flexibility index (Phi) is 5.93. The number of hydrogen-bond acceptors (Lipinski definition) is 4. The van der Waals surface area contributed by atoms with E-state index < -0.39 is 27.2 Å². The molecule has 1 aromatic heterocycles. The van der Waals surface area contributed by atoms with E-state index in [2.05, 4.69) is 10.3 Å². The van der Waals surface area contributed by atoms with E-state index >= 15 is 0 Å². The number of fused-ring (bicyclic) bond motifs is 1. The molecule has 3 aromatic rings. The fourth-order valence-corrected chi connectivity index (χ4v) is 4.10. The van der Waals surface area contributed by atoms with Crippen LogP contribution in [-0.2, 0) is 10.0 Å². The molecule has 1 heterocycles. The van der Waals surface area contributed by atoms with Crippen molar-refractivity contribution in [3.63, 3.8) is 0 Å².